The molecule has 1 N–H and O–H groups in total. The van der Waals surface area contributed by atoms with Gasteiger partial charge in [-0.15, -0.1) is 0 Å². The van der Waals surface area contributed by atoms with Crippen molar-refractivity contribution in [3.63, 3.8) is 0 Å². The van der Waals surface area contributed by atoms with Crippen molar-refractivity contribution in [3.8, 4) is 0 Å². The maximum Gasteiger partial charge on any atom is 0.241 e. The van der Waals surface area contributed by atoms with Crippen LogP contribution >= 0.6 is 0 Å². The Morgan fingerprint density at radius 3 is 2.67 bits per heavy atom. The predicted octanol–water partition coefficient (Wildman–Crippen LogP) is 2.25. The summed E-state index contributed by atoms with van der Waals surface area (Å²) in [6.45, 7) is 4.95. The van der Waals surface area contributed by atoms with E-state index in [1.54, 1.807) is 6.08 Å². The molecule has 1 heterocycles. The van der Waals surface area contributed by atoms with Crippen LogP contribution in [0.5, 0.6) is 0 Å². The maximum absolute atomic E-state index is 12.3. The topological polar surface area (TPSA) is 52.7 Å². The number of carbonyl (C=O) groups excluding carboxylic acids is 2. The first-order valence-electron chi connectivity index (χ1n) is 8.35. The van der Waals surface area contributed by atoms with Gasteiger partial charge in [-0.1, -0.05) is 18.2 Å². The predicted molar refractivity (Wildman–Crippen MR) is 98.3 cm³/mol. The zero-order valence-electron chi connectivity index (χ0n) is 15.1. The number of hydrogen-bond donors (Lipinski definition) is 1. The number of amides is 1. The molecule has 132 valence electrons. The third kappa shape index (κ3) is 6.54. The Bertz CT molecular complexity index is 535. The lowest BCUT2D eigenvalue weighted by molar-refractivity contribution is -0.124. The highest BCUT2D eigenvalue weighted by Gasteiger charge is 2.27. The van der Waals surface area contributed by atoms with Crippen molar-refractivity contribution in [3.05, 3.63) is 48.4 Å². The fourth-order valence-electron chi connectivity index (χ4n) is 2.49. The molecule has 0 spiro atoms. The van der Waals surface area contributed by atoms with Gasteiger partial charge in [0.1, 0.15) is 6.29 Å². The zero-order valence-corrected chi connectivity index (χ0v) is 15.1. The van der Waals surface area contributed by atoms with Gasteiger partial charge >= 0.3 is 0 Å². The van der Waals surface area contributed by atoms with E-state index in [4.69, 9.17) is 0 Å². The number of allylic oxidation sites excluding steroid dienone is 5. The molecule has 1 fully saturated rings. The summed E-state index contributed by atoms with van der Waals surface area (Å²) in [6.07, 6.45) is 15.4. The summed E-state index contributed by atoms with van der Waals surface area (Å²) < 4.78 is 0. The first kappa shape index (κ1) is 19.9. The number of carbonyl (C=O) groups is 2. The van der Waals surface area contributed by atoms with Crippen molar-refractivity contribution >= 4 is 12.2 Å². The molecule has 1 unspecified atom stereocenters. The standard InChI is InChI=1S/C19H29N3O2/c1-5-17(20-19(24)18-10-9-14-22(18)4)12-11-16(2)21(3)13-7-6-8-15-23/h5-8,11-13,15-16,18H,9-10,14H2,1-4H3,(H,20,24)/b8-6-,12-11-,13-7-,17-5+/t16?,18-/m1/s1. The van der Waals surface area contributed by atoms with Gasteiger partial charge in [-0.05, 0) is 64.7 Å². The monoisotopic (exact) mass is 331 g/mol. The number of hydrogen-bond acceptors (Lipinski definition) is 4. The largest absolute Gasteiger partial charge is 0.374 e. The van der Waals surface area contributed by atoms with Crippen LogP contribution < -0.4 is 5.32 Å². The number of rotatable bonds is 8. The molecule has 0 aromatic carbocycles. The van der Waals surface area contributed by atoms with Crippen LogP contribution in [0.25, 0.3) is 0 Å². The molecule has 1 saturated heterocycles. The third-order valence-electron chi connectivity index (χ3n) is 4.22. The number of nitrogens with zero attached hydrogens (tertiary/aromatic N) is 2. The summed E-state index contributed by atoms with van der Waals surface area (Å²) in [5.74, 6) is 0.0626. The van der Waals surface area contributed by atoms with Crippen LogP contribution in [0.15, 0.2) is 48.4 Å². The molecular weight excluding hydrogens is 302 g/mol. The van der Waals surface area contributed by atoms with E-state index < -0.39 is 0 Å². The van der Waals surface area contributed by atoms with E-state index in [0.29, 0.717) is 0 Å². The van der Waals surface area contributed by atoms with E-state index in [0.717, 1.165) is 31.4 Å². The van der Waals surface area contributed by atoms with Crippen molar-refractivity contribution in [2.75, 3.05) is 20.6 Å². The second-order valence-electron chi connectivity index (χ2n) is 6.00. The molecule has 24 heavy (non-hydrogen) atoms. The summed E-state index contributed by atoms with van der Waals surface area (Å²) in [6, 6.07) is 0.132. The minimum atomic E-state index is -0.0269. The minimum absolute atomic E-state index is 0.0269. The van der Waals surface area contributed by atoms with Gasteiger partial charge in [0.2, 0.25) is 5.91 Å². The van der Waals surface area contributed by atoms with Crippen LogP contribution in [0, 0.1) is 0 Å². The SMILES string of the molecule is C/C=C(\C=C/C(C)N(C)/C=C\C=C/C=O)NC(=O)[C@H]1CCCN1C. The fourth-order valence-corrected chi connectivity index (χ4v) is 2.49. The molecule has 2 atom stereocenters. The summed E-state index contributed by atoms with van der Waals surface area (Å²) >= 11 is 0. The van der Waals surface area contributed by atoms with E-state index in [1.807, 2.05) is 56.4 Å². The molecule has 1 aliphatic heterocycles. The van der Waals surface area contributed by atoms with E-state index in [2.05, 4.69) is 17.1 Å². The number of likely N-dealkylation sites (N-methyl/N-ethyl adjacent to an activating group) is 2. The summed E-state index contributed by atoms with van der Waals surface area (Å²) in [5.41, 5.74) is 0.811. The molecule has 5 heteroatoms. The highest BCUT2D eigenvalue weighted by molar-refractivity contribution is 5.84. The Labute approximate surface area is 145 Å². The highest BCUT2D eigenvalue weighted by Crippen LogP contribution is 2.15. The average molecular weight is 331 g/mol. The third-order valence-corrected chi connectivity index (χ3v) is 4.22. The van der Waals surface area contributed by atoms with E-state index in [1.165, 1.54) is 6.08 Å². The maximum atomic E-state index is 12.3. The highest BCUT2D eigenvalue weighted by atomic mass is 16.2. The zero-order chi connectivity index (χ0) is 17.9. The van der Waals surface area contributed by atoms with Gasteiger partial charge in [0, 0.05) is 18.8 Å². The summed E-state index contributed by atoms with van der Waals surface area (Å²) in [5, 5.41) is 3.00. The van der Waals surface area contributed by atoms with Crippen LogP contribution in [0.2, 0.25) is 0 Å². The molecule has 0 aliphatic carbocycles. The molecule has 1 amide bonds. The molecule has 5 nitrogen and oxygen atoms in total. The first-order valence-corrected chi connectivity index (χ1v) is 8.35. The Morgan fingerprint density at radius 1 is 1.33 bits per heavy atom. The first-order chi connectivity index (χ1) is 11.5. The lowest BCUT2D eigenvalue weighted by atomic mass is 10.2. The van der Waals surface area contributed by atoms with Crippen LogP contribution in [0.1, 0.15) is 26.7 Å². The molecule has 0 bridgehead atoms. The second kappa shape index (κ2) is 10.6. The van der Waals surface area contributed by atoms with Crippen molar-refractivity contribution < 1.29 is 9.59 Å². The van der Waals surface area contributed by atoms with Crippen molar-refractivity contribution in [2.45, 2.75) is 38.8 Å². The molecule has 0 aromatic heterocycles. The van der Waals surface area contributed by atoms with Crippen molar-refractivity contribution in [2.24, 2.45) is 0 Å². The van der Waals surface area contributed by atoms with Crippen LogP contribution in [0.3, 0.4) is 0 Å². The van der Waals surface area contributed by atoms with Crippen LogP contribution in [-0.4, -0.2) is 54.7 Å². The molecule has 1 aliphatic rings. The number of likely N-dealkylation sites (tertiary alicyclic amines) is 1. The van der Waals surface area contributed by atoms with Gasteiger partial charge in [-0.2, -0.15) is 0 Å². The smallest absolute Gasteiger partial charge is 0.241 e. The second-order valence-corrected chi connectivity index (χ2v) is 6.00. The van der Waals surface area contributed by atoms with Crippen LogP contribution in [-0.2, 0) is 9.59 Å². The van der Waals surface area contributed by atoms with Gasteiger partial charge in [-0.25, -0.2) is 0 Å². The number of aldehydes is 1. The molecule has 1 rings (SSSR count). The quantitative estimate of drug-likeness (QED) is 0.421. The normalized spacial score (nSPS) is 21.0. The number of nitrogens with one attached hydrogen (secondary N) is 1. The van der Waals surface area contributed by atoms with E-state index >= 15 is 0 Å². The van der Waals surface area contributed by atoms with Crippen molar-refractivity contribution in [1.82, 2.24) is 15.1 Å². The molecule has 0 radical (unpaired) electrons. The van der Waals surface area contributed by atoms with Gasteiger partial charge in [0.05, 0.1) is 6.04 Å². The van der Waals surface area contributed by atoms with Gasteiger partial charge in [-0.3, -0.25) is 14.5 Å². The molecular formula is C19H29N3O2. The minimum Gasteiger partial charge on any atom is -0.374 e. The van der Waals surface area contributed by atoms with Gasteiger partial charge in [0.15, 0.2) is 0 Å². The van der Waals surface area contributed by atoms with E-state index in [-0.39, 0.29) is 18.0 Å². The lowest BCUT2D eigenvalue weighted by Gasteiger charge is -2.21. The average Bonchev–Trinajstić information content (AvgIpc) is 3.00. The van der Waals surface area contributed by atoms with Gasteiger partial charge < -0.3 is 10.2 Å². The van der Waals surface area contributed by atoms with Gasteiger partial charge in [0.25, 0.3) is 0 Å². The summed E-state index contributed by atoms with van der Waals surface area (Å²) in [4.78, 5) is 26.6. The Hall–Kier alpha value is -2.14. The fraction of sp³-hybridized carbons (Fsp3) is 0.474. The molecule has 0 aromatic rings. The lowest BCUT2D eigenvalue weighted by Crippen LogP contribution is -2.40. The van der Waals surface area contributed by atoms with Crippen molar-refractivity contribution in [1.29, 1.82) is 0 Å². The molecule has 0 saturated carbocycles. The van der Waals surface area contributed by atoms with Crippen LogP contribution in [0.4, 0.5) is 0 Å². The summed E-state index contributed by atoms with van der Waals surface area (Å²) in [7, 11) is 3.95. The Kier molecular flexibility index (Phi) is 8.79. The van der Waals surface area contributed by atoms with E-state index in [9.17, 15) is 9.59 Å². The Balaban J connectivity index is 2.55. The Morgan fingerprint density at radius 2 is 2.08 bits per heavy atom.